The van der Waals surface area contributed by atoms with Crippen LogP contribution in [-0.2, 0) is 0 Å². The molecule has 0 atom stereocenters. The molecule has 0 amide bonds. The Kier molecular flexibility index (Phi) is 9.77. The van der Waals surface area contributed by atoms with Crippen molar-refractivity contribution in [3.05, 3.63) is 10.7 Å². The summed E-state index contributed by atoms with van der Waals surface area (Å²) in [4.78, 5) is 17.7. The summed E-state index contributed by atoms with van der Waals surface area (Å²) in [5.41, 5.74) is 0. The van der Waals surface area contributed by atoms with Crippen molar-refractivity contribution in [2.75, 3.05) is 51.8 Å². The third kappa shape index (κ3) is 6.43. The molecule has 7 nitrogen and oxygen atoms in total. The minimum Gasteiger partial charge on any atom is -0.480 e. The number of methoxy groups -OCH3 is 1. The summed E-state index contributed by atoms with van der Waals surface area (Å²) in [6.45, 7) is 8.92. The number of hydrogen-bond acceptors (Lipinski definition) is 5. The first kappa shape index (κ1) is 22.2. The third-order valence-electron chi connectivity index (χ3n) is 3.97. The highest BCUT2D eigenvalue weighted by atomic mass is 127. The number of halogens is 2. The van der Waals surface area contributed by atoms with Crippen LogP contribution in [0.2, 0.25) is 0 Å². The summed E-state index contributed by atoms with van der Waals surface area (Å²) in [6.07, 6.45) is 2.88. The van der Waals surface area contributed by atoms with Gasteiger partial charge in [0.2, 0.25) is 11.8 Å². The first-order valence-corrected chi connectivity index (χ1v) is 9.11. The van der Waals surface area contributed by atoms with Crippen LogP contribution in [-0.4, -0.2) is 67.7 Å². The minimum atomic E-state index is 0. The van der Waals surface area contributed by atoms with Crippen LogP contribution in [0.15, 0.2) is 15.7 Å². The molecule has 1 aromatic rings. The fourth-order valence-corrected chi connectivity index (χ4v) is 2.91. The maximum atomic E-state index is 5.25. The number of rotatable bonds is 5. The molecule has 2 heterocycles. The topological polar surface area (TPSA) is 65.9 Å². The third-order valence-corrected chi connectivity index (χ3v) is 4.52. The van der Waals surface area contributed by atoms with Gasteiger partial charge in [-0.15, -0.1) is 24.0 Å². The molecule has 1 aliphatic rings. The van der Waals surface area contributed by atoms with Crippen LogP contribution in [0.5, 0.6) is 5.88 Å². The van der Waals surface area contributed by atoms with Crippen molar-refractivity contribution in [1.29, 1.82) is 0 Å². The van der Waals surface area contributed by atoms with Crippen LogP contribution in [0.4, 0.5) is 5.95 Å². The highest BCUT2D eigenvalue weighted by Crippen LogP contribution is 2.23. The molecule has 1 aliphatic heterocycles. The van der Waals surface area contributed by atoms with E-state index in [-0.39, 0.29) is 24.0 Å². The van der Waals surface area contributed by atoms with E-state index in [1.807, 2.05) is 7.05 Å². The van der Waals surface area contributed by atoms with Gasteiger partial charge in [-0.3, -0.25) is 4.99 Å². The number of anilines is 1. The lowest BCUT2D eigenvalue weighted by molar-refractivity contribution is 0.365. The second kappa shape index (κ2) is 11.0. The monoisotopic (exact) mass is 526 g/mol. The number of aromatic nitrogens is 2. The molecule has 0 radical (unpaired) electrons. The van der Waals surface area contributed by atoms with Gasteiger partial charge in [0.25, 0.3) is 0 Å². The van der Waals surface area contributed by atoms with E-state index < -0.39 is 0 Å². The Morgan fingerprint density at radius 1 is 1.36 bits per heavy atom. The molecule has 0 bridgehead atoms. The number of hydrogen-bond donors (Lipinski definition) is 1. The summed E-state index contributed by atoms with van der Waals surface area (Å²) in [5.74, 6) is 2.94. The van der Waals surface area contributed by atoms with Gasteiger partial charge in [0.1, 0.15) is 0 Å². The number of piperazine rings is 1. The van der Waals surface area contributed by atoms with Crippen molar-refractivity contribution >= 4 is 51.8 Å². The number of guanidine groups is 1. The van der Waals surface area contributed by atoms with E-state index in [1.165, 1.54) is 0 Å². The lowest BCUT2D eigenvalue weighted by Gasteiger charge is -2.36. The number of nitrogens with zero attached hydrogens (tertiary/aromatic N) is 5. The molecule has 1 saturated heterocycles. The van der Waals surface area contributed by atoms with E-state index in [1.54, 1.807) is 13.3 Å². The molecule has 9 heteroatoms. The van der Waals surface area contributed by atoms with E-state index in [0.29, 0.717) is 17.7 Å². The van der Waals surface area contributed by atoms with Gasteiger partial charge in [-0.25, -0.2) is 4.98 Å². The number of nitrogens with one attached hydrogen (secondary N) is 1. The Morgan fingerprint density at radius 2 is 2.04 bits per heavy atom. The molecular formula is C16H28BrIN6O. The predicted molar refractivity (Wildman–Crippen MR) is 116 cm³/mol. The first-order valence-electron chi connectivity index (χ1n) is 8.32. The van der Waals surface area contributed by atoms with Gasteiger partial charge in [0.05, 0.1) is 17.8 Å². The van der Waals surface area contributed by atoms with Gasteiger partial charge in [0, 0.05) is 39.8 Å². The van der Waals surface area contributed by atoms with Gasteiger partial charge in [-0.1, -0.05) is 13.8 Å². The highest BCUT2D eigenvalue weighted by Gasteiger charge is 2.22. The normalized spacial score (nSPS) is 15.2. The van der Waals surface area contributed by atoms with Crippen LogP contribution < -0.4 is 15.0 Å². The van der Waals surface area contributed by atoms with Crippen LogP contribution in [0.3, 0.4) is 0 Å². The Morgan fingerprint density at radius 3 is 2.60 bits per heavy atom. The summed E-state index contributed by atoms with van der Waals surface area (Å²) in [7, 11) is 3.45. The van der Waals surface area contributed by atoms with Crippen LogP contribution in [0.1, 0.15) is 20.3 Å². The van der Waals surface area contributed by atoms with E-state index in [9.17, 15) is 0 Å². The van der Waals surface area contributed by atoms with Crippen molar-refractivity contribution in [3.8, 4) is 5.88 Å². The SMILES string of the molecule is CN=C(NCCC(C)C)N1CCN(c2ncc(Br)c(OC)n2)CC1.I. The molecule has 142 valence electrons. The van der Waals surface area contributed by atoms with Crippen molar-refractivity contribution in [1.82, 2.24) is 20.2 Å². The molecule has 1 N–H and O–H groups in total. The van der Waals surface area contributed by atoms with E-state index in [4.69, 9.17) is 4.74 Å². The maximum Gasteiger partial charge on any atom is 0.232 e. The van der Waals surface area contributed by atoms with Crippen LogP contribution in [0, 0.1) is 5.92 Å². The Labute approximate surface area is 175 Å². The fourth-order valence-electron chi connectivity index (χ4n) is 2.56. The molecule has 0 saturated carbocycles. The van der Waals surface area contributed by atoms with Crippen LogP contribution in [0.25, 0.3) is 0 Å². The molecular weight excluding hydrogens is 499 g/mol. The van der Waals surface area contributed by atoms with Crippen molar-refractivity contribution in [2.24, 2.45) is 10.9 Å². The van der Waals surface area contributed by atoms with Crippen molar-refractivity contribution < 1.29 is 4.74 Å². The highest BCUT2D eigenvalue weighted by molar-refractivity contribution is 14.0. The minimum absolute atomic E-state index is 0. The molecule has 0 unspecified atom stereocenters. The molecule has 0 aromatic carbocycles. The summed E-state index contributed by atoms with van der Waals surface area (Å²) in [6, 6.07) is 0. The second-order valence-electron chi connectivity index (χ2n) is 6.16. The quantitative estimate of drug-likeness (QED) is 0.361. The Bertz CT molecular complexity index is 564. The Balaban J connectivity index is 0.00000312. The van der Waals surface area contributed by atoms with Crippen molar-refractivity contribution in [2.45, 2.75) is 20.3 Å². The predicted octanol–water partition coefficient (Wildman–Crippen LogP) is 2.61. The molecule has 25 heavy (non-hydrogen) atoms. The second-order valence-corrected chi connectivity index (χ2v) is 7.01. The standard InChI is InChI=1S/C16H27BrN6O.HI/c1-12(2)5-6-19-15(18-3)22-7-9-23(10-8-22)16-20-11-13(17)14(21-16)24-4;/h11-12H,5-10H2,1-4H3,(H,18,19);1H. The molecule has 0 spiro atoms. The maximum absolute atomic E-state index is 5.25. The zero-order valence-electron chi connectivity index (χ0n) is 15.3. The van der Waals surface area contributed by atoms with E-state index >= 15 is 0 Å². The smallest absolute Gasteiger partial charge is 0.232 e. The van der Waals surface area contributed by atoms with Crippen molar-refractivity contribution in [3.63, 3.8) is 0 Å². The average molecular weight is 527 g/mol. The zero-order chi connectivity index (χ0) is 17.5. The van der Waals surface area contributed by atoms with Gasteiger partial charge in [-0.05, 0) is 28.3 Å². The largest absolute Gasteiger partial charge is 0.480 e. The summed E-state index contributed by atoms with van der Waals surface area (Å²) in [5, 5.41) is 3.45. The zero-order valence-corrected chi connectivity index (χ0v) is 19.2. The molecule has 2 rings (SSSR count). The van der Waals surface area contributed by atoms with E-state index in [0.717, 1.165) is 49.6 Å². The van der Waals surface area contributed by atoms with Crippen LogP contribution >= 0.6 is 39.9 Å². The van der Waals surface area contributed by atoms with Gasteiger partial charge in [0.15, 0.2) is 5.96 Å². The van der Waals surface area contributed by atoms with Gasteiger partial charge in [-0.2, -0.15) is 4.98 Å². The number of aliphatic imine (C=N–C) groups is 1. The molecule has 1 aromatic heterocycles. The van der Waals surface area contributed by atoms with E-state index in [2.05, 4.69) is 59.9 Å². The van der Waals surface area contributed by atoms with Gasteiger partial charge < -0.3 is 19.9 Å². The molecule has 0 aliphatic carbocycles. The summed E-state index contributed by atoms with van der Waals surface area (Å²) < 4.78 is 6.02. The first-order chi connectivity index (χ1) is 11.5. The lowest BCUT2D eigenvalue weighted by atomic mass is 10.1. The summed E-state index contributed by atoms with van der Waals surface area (Å²) >= 11 is 3.39. The Hall–Kier alpha value is -0.840. The lowest BCUT2D eigenvalue weighted by Crippen LogP contribution is -2.53. The molecule has 1 fully saturated rings. The average Bonchev–Trinajstić information content (AvgIpc) is 2.59. The van der Waals surface area contributed by atoms with Gasteiger partial charge >= 0.3 is 0 Å². The number of ether oxygens (including phenoxy) is 1. The fraction of sp³-hybridized carbons (Fsp3) is 0.688.